The van der Waals surface area contributed by atoms with Crippen LogP contribution >= 0.6 is 0 Å². The van der Waals surface area contributed by atoms with E-state index in [0.29, 0.717) is 6.04 Å². The lowest BCUT2D eigenvalue weighted by atomic mass is 10.1. The van der Waals surface area contributed by atoms with Crippen LogP contribution in [0.3, 0.4) is 0 Å². The van der Waals surface area contributed by atoms with E-state index in [4.69, 9.17) is 0 Å². The summed E-state index contributed by atoms with van der Waals surface area (Å²) in [5.74, 6) is 0.964. The molecule has 0 aliphatic heterocycles. The number of nitrogens with zero attached hydrogens (tertiary/aromatic N) is 4. The number of aryl methyl sites for hydroxylation is 1. The van der Waals surface area contributed by atoms with Crippen molar-refractivity contribution in [2.75, 3.05) is 5.32 Å². The van der Waals surface area contributed by atoms with Crippen LogP contribution in [0.5, 0.6) is 0 Å². The average Bonchev–Trinajstić information content (AvgIpc) is 3.35. The van der Waals surface area contributed by atoms with Crippen molar-refractivity contribution in [3.8, 4) is 16.8 Å². The summed E-state index contributed by atoms with van der Waals surface area (Å²) in [6.45, 7) is 2.17. The number of rotatable bonds is 6. The van der Waals surface area contributed by atoms with Crippen LogP contribution in [0.15, 0.2) is 49.1 Å². The Morgan fingerprint density at radius 2 is 1.96 bits per heavy atom. The van der Waals surface area contributed by atoms with Crippen LogP contribution in [0.2, 0.25) is 0 Å². The van der Waals surface area contributed by atoms with Crippen LogP contribution in [-0.2, 0) is 6.42 Å². The van der Waals surface area contributed by atoms with Gasteiger partial charge in [0.25, 0.3) is 0 Å². The minimum Gasteiger partial charge on any atom is -0.367 e. The molecule has 1 aliphatic carbocycles. The molecule has 5 nitrogen and oxygen atoms in total. The number of anilines is 1. The third-order valence-corrected chi connectivity index (χ3v) is 4.96. The largest absolute Gasteiger partial charge is 0.367 e. The molecular formula is C21H25N5. The Morgan fingerprint density at radius 3 is 2.73 bits per heavy atom. The minimum absolute atomic E-state index is 0.583. The van der Waals surface area contributed by atoms with Crippen LogP contribution in [-0.4, -0.2) is 25.8 Å². The van der Waals surface area contributed by atoms with Crippen LogP contribution < -0.4 is 5.32 Å². The summed E-state index contributed by atoms with van der Waals surface area (Å²) in [5, 5.41) is 8.05. The predicted molar refractivity (Wildman–Crippen MR) is 104 cm³/mol. The molecule has 0 amide bonds. The molecule has 0 radical (unpaired) electrons. The molecular weight excluding hydrogens is 322 g/mol. The highest BCUT2D eigenvalue weighted by Crippen LogP contribution is 2.24. The summed E-state index contributed by atoms with van der Waals surface area (Å²) in [6.07, 6.45) is 14.9. The number of hydrogen-bond donors (Lipinski definition) is 1. The topological polar surface area (TPSA) is 55.6 Å². The molecule has 3 aromatic heterocycles. The smallest absolute Gasteiger partial charge is 0.126 e. The van der Waals surface area contributed by atoms with Gasteiger partial charge in [-0.25, -0.2) is 9.67 Å². The van der Waals surface area contributed by atoms with Gasteiger partial charge in [-0.05, 0) is 43.5 Å². The van der Waals surface area contributed by atoms with Gasteiger partial charge >= 0.3 is 0 Å². The summed E-state index contributed by atoms with van der Waals surface area (Å²) in [5.41, 5.74) is 4.29. The number of nitrogens with one attached hydrogen (secondary N) is 1. The Bertz CT molecular complexity index is 847. The van der Waals surface area contributed by atoms with E-state index in [9.17, 15) is 0 Å². The van der Waals surface area contributed by atoms with Crippen LogP contribution in [0, 0.1) is 0 Å². The van der Waals surface area contributed by atoms with Crippen molar-refractivity contribution in [2.24, 2.45) is 0 Å². The average molecular weight is 347 g/mol. The maximum atomic E-state index is 4.58. The molecule has 1 aliphatic rings. The Labute approximate surface area is 154 Å². The number of hydrogen-bond acceptors (Lipinski definition) is 4. The first-order valence-electron chi connectivity index (χ1n) is 9.55. The Hall–Kier alpha value is -2.69. The maximum absolute atomic E-state index is 4.58. The SMILES string of the molecule is CCCc1cc(-n2cc(-c3ccc(NC4CCCC4)nc3)cn2)ccn1. The fraction of sp³-hybridized carbons (Fsp3) is 0.381. The van der Waals surface area contributed by atoms with E-state index in [2.05, 4.69) is 45.5 Å². The van der Waals surface area contributed by atoms with Gasteiger partial charge in [0.2, 0.25) is 0 Å². The Balaban J connectivity index is 1.49. The van der Waals surface area contributed by atoms with Gasteiger partial charge in [0.15, 0.2) is 0 Å². The van der Waals surface area contributed by atoms with Gasteiger partial charge in [-0.15, -0.1) is 0 Å². The second-order valence-corrected chi connectivity index (χ2v) is 6.99. The second-order valence-electron chi connectivity index (χ2n) is 6.99. The maximum Gasteiger partial charge on any atom is 0.126 e. The first-order valence-corrected chi connectivity index (χ1v) is 9.55. The molecule has 26 heavy (non-hydrogen) atoms. The van der Waals surface area contributed by atoms with Crippen molar-refractivity contribution in [1.82, 2.24) is 19.7 Å². The number of pyridine rings is 2. The van der Waals surface area contributed by atoms with Crippen LogP contribution in [0.1, 0.15) is 44.7 Å². The molecule has 1 N–H and O–H groups in total. The van der Waals surface area contributed by atoms with Gasteiger partial charge in [-0.2, -0.15) is 5.10 Å². The standard InChI is InChI=1S/C21H25N5/c1-2-5-19-12-20(10-11-22-19)26-15-17(14-24-26)16-8-9-21(23-13-16)25-18-6-3-4-7-18/h8-15,18H,2-7H2,1H3,(H,23,25). The molecule has 4 rings (SSSR count). The molecule has 0 spiro atoms. The molecule has 1 saturated carbocycles. The zero-order chi connectivity index (χ0) is 17.8. The van der Waals surface area contributed by atoms with Crippen molar-refractivity contribution in [3.05, 3.63) is 54.7 Å². The van der Waals surface area contributed by atoms with Gasteiger partial charge in [0.1, 0.15) is 5.82 Å². The number of aromatic nitrogens is 4. The van der Waals surface area contributed by atoms with Gasteiger partial charge in [-0.1, -0.05) is 26.2 Å². The zero-order valence-electron chi connectivity index (χ0n) is 15.2. The first-order chi connectivity index (χ1) is 12.8. The Kier molecular flexibility index (Phi) is 4.95. The summed E-state index contributed by atoms with van der Waals surface area (Å²) < 4.78 is 1.90. The van der Waals surface area contributed by atoms with Crippen molar-refractivity contribution in [1.29, 1.82) is 0 Å². The lowest BCUT2D eigenvalue weighted by Gasteiger charge is -2.12. The van der Waals surface area contributed by atoms with Gasteiger partial charge in [0, 0.05) is 41.5 Å². The van der Waals surface area contributed by atoms with E-state index in [1.165, 1.54) is 25.7 Å². The minimum atomic E-state index is 0.583. The molecule has 5 heteroatoms. The van der Waals surface area contributed by atoms with Crippen molar-refractivity contribution < 1.29 is 0 Å². The lowest BCUT2D eigenvalue weighted by Crippen LogP contribution is -2.15. The highest BCUT2D eigenvalue weighted by molar-refractivity contribution is 5.62. The third kappa shape index (κ3) is 3.77. The highest BCUT2D eigenvalue weighted by Gasteiger charge is 2.14. The van der Waals surface area contributed by atoms with Crippen LogP contribution in [0.4, 0.5) is 5.82 Å². The predicted octanol–water partition coefficient (Wildman–Crippen LogP) is 4.64. The first kappa shape index (κ1) is 16.8. The van der Waals surface area contributed by atoms with E-state index in [1.807, 2.05) is 35.5 Å². The van der Waals surface area contributed by atoms with Gasteiger partial charge in [-0.3, -0.25) is 4.98 Å². The molecule has 0 saturated heterocycles. The Morgan fingerprint density at radius 1 is 1.08 bits per heavy atom. The van der Waals surface area contributed by atoms with E-state index in [1.54, 1.807) is 0 Å². The van der Waals surface area contributed by atoms with Gasteiger partial charge < -0.3 is 5.32 Å². The molecule has 1 fully saturated rings. The van der Waals surface area contributed by atoms with E-state index in [-0.39, 0.29) is 0 Å². The van der Waals surface area contributed by atoms with E-state index < -0.39 is 0 Å². The monoisotopic (exact) mass is 347 g/mol. The summed E-state index contributed by atoms with van der Waals surface area (Å²) >= 11 is 0. The van der Waals surface area contributed by atoms with Crippen molar-refractivity contribution >= 4 is 5.82 Å². The fourth-order valence-electron chi connectivity index (χ4n) is 3.54. The summed E-state index contributed by atoms with van der Waals surface area (Å²) in [6, 6.07) is 8.85. The van der Waals surface area contributed by atoms with E-state index in [0.717, 1.165) is 41.2 Å². The fourth-order valence-corrected chi connectivity index (χ4v) is 3.54. The third-order valence-electron chi connectivity index (χ3n) is 4.96. The quantitative estimate of drug-likeness (QED) is 0.706. The van der Waals surface area contributed by atoms with Crippen molar-refractivity contribution in [2.45, 2.75) is 51.5 Å². The highest BCUT2D eigenvalue weighted by atomic mass is 15.3. The molecule has 0 unspecified atom stereocenters. The zero-order valence-corrected chi connectivity index (χ0v) is 15.2. The van der Waals surface area contributed by atoms with Crippen LogP contribution in [0.25, 0.3) is 16.8 Å². The molecule has 0 bridgehead atoms. The molecule has 0 atom stereocenters. The lowest BCUT2D eigenvalue weighted by molar-refractivity contribution is 0.750. The molecule has 0 aromatic carbocycles. The normalized spacial score (nSPS) is 14.7. The molecule has 3 aromatic rings. The summed E-state index contributed by atoms with van der Waals surface area (Å²) in [4.78, 5) is 8.99. The summed E-state index contributed by atoms with van der Waals surface area (Å²) in [7, 11) is 0. The molecule has 3 heterocycles. The van der Waals surface area contributed by atoms with Crippen molar-refractivity contribution in [3.63, 3.8) is 0 Å². The second kappa shape index (κ2) is 7.68. The van der Waals surface area contributed by atoms with Gasteiger partial charge in [0.05, 0.1) is 11.9 Å². The van der Waals surface area contributed by atoms with E-state index >= 15 is 0 Å². The molecule has 134 valence electrons.